The zero-order valence-corrected chi connectivity index (χ0v) is 21.1. The number of rotatable bonds is 2. The fourth-order valence-corrected chi connectivity index (χ4v) is 10.3. The van der Waals surface area contributed by atoms with Crippen molar-refractivity contribution in [1.29, 1.82) is 0 Å². The van der Waals surface area contributed by atoms with Crippen molar-refractivity contribution in [3.05, 3.63) is 79.8 Å². The number of thiazole rings is 1. The summed E-state index contributed by atoms with van der Waals surface area (Å²) in [5, 5.41) is 0.868. The SMILES string of the molecule is Cc1ccccc1[C@@H]1c2sc(=O)[nH]c2S[C@@H]2[C@@H]3C[C@@H]([C@@H]4C(=O)N(c5cccc(C(F)(F)F)c5)C(=O)[C@@H]34)[C@@H]12. The Morgan fingerprint density at radius 3 is 2.43 bits per heavy atom. The topological polar surface area (TPSA) is 70.2 Å². The van der Waals surface area contributed by atoms with Crippen LogP contribution in [0.25, 0.3) is 0 Å². The van der Waals surface area contributed by atoms with Gasteiger partial charge in [0.2, 0.25) is 11.8 Å². The number of H-pyrrole nitrogens is 1. The first-order valence-corrected chi connectivity index (χ1v) is 13.8. The number of benzene rings is 2. The van der Waals surface area contributed by atoms with Crippen LogP contribution >= 0.6 is 23.1 Å². The quantitative estimate of drug-likeness (QED) is 0.438. The fourth-order valence-electron chi connectivity index (χ4n) is 7.38. The lowest BCUT2D eigenvalue weighted by Crippen LogP contribution is -2.42. The number of imide groups is 1. The minimum absolute atomic E-state index is 0.0202. The highest BCUT2D eigenvalue weighted by Gasteiger charge is 2.69. The average Bonchev–Trinajstić information content (AvgIpc) is 3.58. The number of nitrogens with zero attached hydrogens (tertiary/aromatic N) is 1. The smallest absolute Gasteiger partial charge is 0.307 e. The van der Waals surface area contributed by atoms with E-state index >= 15 is 0 Å². The van der Waals surface area contributed by atoms with Crippen molar-refractivity contribution >= 4 is 40.6 Å². The predicted octanol–water partition coefficient (Wildman–Crippen LogP) is 5.44. The van der Waals surface area contributed by atoms with Gasteiger partial charge in [-0.2, -0.15) is 13.2 Å². The Labute approximate surface area is 218 Å². The molecule has 0 spiro atoms. The van der Waals surface area contributed by atoms with E-state index in [0.717, 1.165) is 44.5 Å². The number of carbonyl (C=O) groups is 2. The third-order valence-corrected chi connectivity index (χ3v) is 11.3. The number of halogens is 3. The summed E-state index contributed by atoms with van der Waals surface area (Å²) in [4.78, 5) is 44.6. The van der Waals surface area contributed by atoms with E-state index in [9.17, 15) is 27.6 Å². The minimum Gasteiger partial charge on any atom is -0.307 e. The van der Waals surface area contributed by atoms with Gasteiger partial charge in [0.05, 0.1) is 28.1 Å². The Hall–Kier alpha value is -2.85. The Morgan fingerprint density at radius 2 is 1.70 bits per heavy atom. The van der Waals surface area contributed by atoms with Gasteiger partial charge in [-0.15, -0.1) is 11.8 Å². The van der Waals surface area contributed by atoms with Gasteiger partial charge in [0, 0.05) is 16.0 Å². The summed E-state index contributed by atoms with van der Waals surface area (Å²) in [5.74, 6) is -2.11. The molecule has 1 aromatic heterocycles. The van der Waals surface area contributed by atoms with E-state index in [0.29, 0.717) is 0 Å². The molecule has 2 amide bonds. The number of aromatic nitrogens is 1. The zero-order chi connectivity index (χ0) is 25.8. The van der Waals surface area contributed by atoms with E-state index in [2.05, 4.69) is 11.1 Å². The number of nitrogens with one attached hydrogen (secondary N) is 1. The number of fused-ring (bicyclic) bond motifs is 9. The molecular formula is C27H21F3N2O3S2. The van der Waals surface area contributed by atoms with Crippen LogP contribution in [-0.4, -0.2) is 22.0 Å². The van der Waals surface area contributed by atoms with Crippen molar-refractivity contribution in [3.8, 4) is 0 Å². The molecule has 2 bridgehead atoms. The van der Waals surface area contributed by atoms with Crippen LogP contribution in [0.15, 0.2) is 58.4 Å². The van der Waals surface area contributed by atoms with Gasteiger partial charge in [-0.1, -0.05) is 41.7 Å². The van der Waals surface area contributed by atoms with Crippen LogP contribution in [-0.2, 0) is 15.8 Å². The van der Waals surface area contributed by atoms with Crippen LogP contribution in [0.5, 0.6) is 0 Å². The number of thioether (sulfide) groups is 1. The Bertz CT molecular complexity index is 1530. The maximum Gasteiger partial charge on any atom is 0.416 e. The zero-order valence-electron chi connectivity index (χ0n) is 19.5. The van der Waals surface area contributed by atoms with Gasteiger partial charge in [-0.3, -0.25) is 19.3 Å². The van der Waals surface area contributed by atoms with E-state index in [1.807, 2.05) is 25.1 Å². The molecule has 190 valence electrons. The molecular weight excluding hydrogens is 521 g/mol. The van der Waals surface area contributed by atoms with E-state index in [1.54, 1.807) is 11.8 Å². The van der Waals surface area contributed by atoms with E-state index in [4.69, 9.17) is 0 Å². The number of carbonyl (C=O) groups excluding carboxylic acids is 2. The lowest BCUT2D eigenvalue weighted by Gasteiger charge is -2.43. The summed E-state index contributed by atoms with van der Waals surface area (Å²) >= 11 is 2.80. The molecule has 7 atom stereocenters. The maximum atomic E-state index is 13.7. The number of alkyl halides is 3. The number of aromatic amines is 1. The highest BCUT2D eigenvalue weighted by atomic mass is 32.2. The van der Waals surface area contributed by atoms with Gasteiger partial charge in [0.25, 0.3) is 0 Å². The number of hydrogen-bond donors (Lipinski definition) is 1. The molecule has 2 saturated carbocycles. The summed E-state index contributed by atoms with van der Waals surface area (Å²) in [6.45, 7) is 2.04. The Balaban J connectivity index is 1.31. The molecule has 1 N–H and O–H groups in total. The first kappa shape index (κ1) is 23.3. The van der Waals surface area contributed by atoms with Crippen LogP contribution in [0.3, 0.4) is 0 Å². The van der Waals surface area contributed by atoms with Crippen molar-refractivity contribution in [3.63, 3.8) is 0 Å². The van der Waals surface area contributed by atoms with Gasteiger partial charge in [-0.05, 0) is 60.4 Å². The number of hydrogen-bond acceptors (Lipinski definition) is 5. The normalized spacial score (nSPS) is 32.0. The largest absolute Gasteiger partial charge is 0.416 e. The number of aryl methyl sites for hydroxylation is 1. The number of amides is 2. The lowest BCUT2D eigenvalue weighted by atomic mass is 9.67. The molecule has 0 unspecified atom stereocenters. The van der Waals surface area contributed by atoms with Crippen LogP contribution in [0.2, 0.25) is 0 Å². The van der Waals surface area contributed by atoms with Gasteiger partial charge in [0.1, 0.15) is 0 Å². The van der Waals surface area contributed by atoms with Crippen molar-refractivity contribution in [2.24, 2.45) is 29.6 Å². The van der Waals surface area contributed by atoms with Gasteiger partial charge in [-0.25, -0.2) is 0 Å². The maximum absolute atomic E-state index is 13.7. The molecule has 1 saturated heterocycles. The lowest BCUT2D eigenvalue weighted by molar-refractivity contribution is -0.137. The molecule has 10 heteroatoms. The second-order valence-corrected chi connectivity index (χ2v) is 12.6. The highest BCUT2D eigenvalue weighted by Crippen LogP contribution is 2.68. The van der Waals surface area contributed by atoms with E-state index in [1.165, 1.54) is 23.5 Å². The molecule has 2 aliphatic heterocycles. The summed E-state index contributed by atoms with van der Waals surface area (Å²) < 4.78 is 40.1. The van der Waals surface area contributed by atoms with Gasteiger partial charge < -0.3 is 4.98 Å². The second-order valence-electron chi connectivity index (χ2n) is 10.4. The van der Waals surface area contributed by atoms with Gasteiger partial charge >= 0.3 is 11.0 Å². The first-order chi connectivity index (χ1) is 17.6. The van der Waals surface area contributed by atoms with E-state index in [-0.39, 0.29) is 39.5 Å². The van der Waals surface area contributed by atoms with Crippen LogP contribution < -0.4 is 9.77 Å². The average molecular weight is 543 g/mol. The van der Waals surface area contributed by atoms with Crippen LogP contribution in [0, 0.1) is 36.5 Å². The molecule has 3 fully saturated rings. The van der Waals surface area contributed by atoms with Crippen LogP contribution in [0.1, 0.15) is 33.9 Å². The Morgan fingerprint density at radius 1 is 0.973 bits per heavy atom. The van der Waals surface area contributed by atoms with Crippen LogP contribution in [0.4, 0.5) is 18.9 Å². The third kappa shape index (κ3) is 3.21. The van der Waals surface area contributed by atoms with Crippen molar-refractivity contribution in [1.82, 2.24) is 4.98 Å². The molecule has 5 nitrogen and oxygen atoms in total. The molecule has 0 radical (unpaired) electrons. The number of anilines is 1. The molecule has 4 aliphatic rings. The van der Waals surface area contributed by atoms with Crippen molar-refractivity contribution < 1.29 is 22.8 Å². The Kier molecular flexibility index (Phi) is 4.93. The molecule has 2 aromatic carbocycles. The summed E-state index contributed by atoms with van der Waals surface area (Å²) in [6.07, 6.45) is -3.84. The molecule has 7 rings (SSSR count). The molecule has 3 heterocycles. The standard InChI is InChI=1S/C27H21F3N2O3S2/c1-11-5-2-3-8-14(11)17-18-15-10-16(21(18)36-23-22(17)37-26(35)31-23)20-19(15)24(33)32(25(20)34)13-7-4-6-12(9-13)27(28,29)30/h2-9,15-21H,10H2,1H3,(H,31,35)/t15-,16-,17+,18+,19+,20+,21-/m1/s1. The minimum atomic E-state index is -4.57. The molecule has 2 aliphatic carbocycles. The van der Waals surface area contributed by atoms with Gasteiger partial charge in [0.15, 0.2) is 0 Å². The first-order valence-electron chi connectivity index (χ1n) is 12.2. The monoisotopic (exact) mass is 542 g/mol. The summed E-state index contributed by atoms with van der Waals surface area (Å²) in [6, 6.07) is 12.5. The fraction of sp³-hybridized carbons (Fsp3) is 0.370. The third-order valence-electron chi connectivity index (χ3n) is 8.68. The second kappa shape index (κ2) is 7.83. The molecule has 3 aromatic rings. The summed E-state index contributed by atoms with van der Waals surface area (Å²) in [5.41, 5.74) is 1.31. The summed E-state index contributed by atoms with van der Waals surface area (Å²) in [7, 11) is 0. The van der Waals surface area contributed by atoms with Crippen molar-refractivity contribution in [2.45, 2.75) is 35.7 Å². The van der Waals surface area contributed by atoms with Crippen molar-refractivity contribution in [2.75, 3.05) is 4.90 Å². The molecule has 37 heavy (non-hydrogen) atoms. The van der Waals surface area contributed by atoms with E-state index < -0.39 is 35.4 Å². The highest BCUT2D eigenvalue weighted by molar-refractivity contribution is 8.00. The predicted molar refractivity (Wildman–Crippen MR) is 134 cm³/mol.